The largest absolute Gasteiger partial charge is 0.309 e. The lowest BCUT2D eigenvalue weighted by Crippen LogP contribution is -2.15. The molecule has 10 nitrogen and oxygen atoms in total. The van der Waals surface area contributed by atoms with E-state index >= 15 is 4.39 Å². The molecule has 1 aromatic carbocycles. The third-order valence-electron chi connectivity index (χ3n) is 5.69. The van der Waals surface area contributed by atoms with Gasteiger partial charge in [0.25, 0.3) is 0 Å². The molecule has 13 heteroatoms. The van der Waals surface area contributed by atoms with Crippen LogP contribution in [-0.4, -0.2) is 52.1 Å². The van der Waals surface area contributed by atoms with Crippen LogP contribution in [0.25, 0.3) is 38.9 Å². The Morgan fingerprint density at radius 3 is 2.88 bits per heavy atom. The van der Waals surface area contributed by atoms with Crippen molar-refractivity contribution in [1.82, 2.24) is 40.0 Å². The number of amides is 1. The molecule has 0 saturated heterocycles. The molecule has 6 rings (SSSR count). The normalized spacial score (nSPS) is 17.7. The summed E-state index contributed by atoms with van der Waals surface area (Å²) in [5.74, 6) is -1.21. The summed E-state index contributed by atoms with van der Waals surface area (Å²) in [5, 5.41) is 25.5. The van der Waals surface area contributed by atoms with Gasteiger partial charge in [-0.25, -0.2) is 18.0 Å². The number of aromatic nitrogens is 8. The number of benzene rings is 1. The molecular weight excluding hydrogens is 456 g/mol. The van der Waals surface area contributed by atoms with Crippen molar-refractivity contribution in [2.75, 3.05) is 5.32 Å². The zero-order valence-corrected chi connectivity index (χ0v) is 17.7. The smallest absolute Gasteiger partial charge is 0.231 e. The molecular formula is C20H14ClF2N9O. The van der Waals surface area contributed by atoms with Gasteiger partial charge >= 0.3 is 0 Å². The third kappa shape index (κ3) is 3.05. The number of hydrogen-bond donors (Lipinski definition) is 2. The average Bonchev–Trinajstić information content (AvgIpc) is 3.16. The van der Waals surface area contributed by atoms with Gasteiger partial charge in [-0.2, -0.15) is 10.2 Å². The fraction of sp³-hybridized carbons (Fsp3) is 0.200. The SMILES string of the molecule is Cn1nnnc1-c1c(F)c(Cl)c(-c2ccn3nc(NC(=O)[C@@H]4C[C@@H]4F)cc3c2)c2cn[nH]c12. The Labute approximate surface area is 188 Å². The van der Waals surface area contributed by atoms with Crippen LogP contribution in [0, 0.1) is 11.7 Å². The lowest BCUT2D eigenvalue weighted by Gasteiger charge is -2.12. The summed E-state index contributed by atoms with van der Waals surface area (Å²) in [5.41, 5.74) is 2.19. The Kier molecular flexibility index (Phi) is 4.21. The number of nitrogens with zero attached hydrogens (tertiary/aromatic N) is 7. The first kappa shape index (κ1) is 19.7. The Morgan fingerprint density at radius 2 is 2.15 bits per heavy atom. The van der Waals surface area contributed by atoms with Crippen molar-refractivity contribution in [2.45, 2.75) is 12.6 Å². The highest BCUT2D eigenvalue weighted by Gasteiger charge is 2.43. The zero-order valence-electron chi connectivity index (χ0n) is 16.9. The van der Waals surface area contributed by atoms with Crippen LogP contribution in [0.15, 0.2) is 30.6 Å². The fourth-order valence-corrected chi connectivity index (χ4v) is 4.22. The summed E-state index contributed by atoms with van der Waals surface area (Å²) in [7, 11) is 1.60. The summed E-state index contributed by atoms with van der Waals surface area (Å²) in [6.45, 7) is 0. The van der Waals surface area contributed by atoms with Crippen LogP contribution >= 0.6 is 11.6 Å². The van der Waals surface area contributed by atoms with E-state index in [-0.39, 0.29) is 22.8 Å². The van der Waals surface area contributed by atoms with E-state index in [0.717, 1.165) is 0 Å². The number of anilines is 1. The number of carbonyl (C=O) groups is 1. The highest BCUT2D eigenvalue weighted by molar-refractivity contribution is 6.36. The molecule has 33 heavy (non-hydrogen) atoms. The topological polar surface area (TPSA) is 119 Å². The predicted octanol–water partition coefficient (Wildman–Crippen LogP) is 3.16. The molecule has 1 fully saturated rings. The zero-order chi connectivity index (χ0) is 22.9. The van der Waals surface area contributed by atoms with Gasteiger partial charge in [-0.1, -0.05) is 11.6 Å². The molecule has 0 unspecified atom stereocenters. The number of pyridine rings is 1. The van der Waals surface area contributed by atoms with E-state index in [1.807, 2.05) is 0 Å². The van der Waals surface area contributed by atoms with Crippen molar-refractivity contribution in [1.29, 1.82) is 0 Å². The van der Waals surface area contributed by atoms with E-state index in [1.54, 1.807) is 42.2 Å². The van der Waals surface area contributed by atoms with E-state index in [0.29, 0.717) is 33.4 Å². The van der Waals surface area contributed by atoms with Gasteiger partial charge in [-0.3, -0.25) is 9.89 Å². The van der Waals surface area contributed by atoms with Crippen LogP contribution in [-0.2, 0) is 11.8 Å². The monoisotopic (exact) mass is 469 g/mol. The first-order valence-corrected chi connectivity index (χ1v) is 10.3. The molecule has 0 bridgehead atoms. The Hall–Kier alpha value is -3.93. The number of aryl methyl sites for hydroxylation is 1. The lowest BCUT2D eigenvalue weighted by atomic mass is 9.98. The van der Waals surface area contributed by atoms with Crippen LogP contribution in [0.1, 0.15) is 6.42 Å². The van der Waals surface area contributed by atoms with Crippen LogP contribution in [0.3, 0.4) is 0 Å². The van der Waals surface area contributed by atoms with E-state index < -0.39 is 23.8 Å². The summed E-state index contributed by atoms with van der Waals surface area (Å²) >= 11 is 6.51. The highest BCUT2D eigenvalue weighted by Crippen LogP contribution is 2.42. The minimum Gasteiger partial charge on any atom is -0.309 e. The average molecular weight is 470 g/mol. The molecule has 0 radical (unpaired) electrons. The molecule has 0 aliphatic heterocycles. The lowest BCUT2D eigenvalue weighted by molar-refractivity contribution is -0.117. The van der Waals surface area contributed by atoms with Crippen LogP contribution in [0.2, 0.25) is 5.02 Å². The van der Waals surface area contributed by atoms with Crippen molar-refractivity contribution in [3.8, 4) is 22.5 Å². The van der Waals surface area contributed by atoms with E-state index in [1.165, 1.54) is 4.68 Å². The number of tetrazole rings is 1. The molecule has 0 spiro atoms. The van der Waals surface area contributed by atoms with Crippen molar-refractivity contribution < 1.29 is 13.6 Å². The third-order valence-corrected chi connectivity index (χ3v) is 6.04. The maximum Gasteiger partial charge on any atom is 0.231 e. The number of rotatable bonds is 4. The Morgan fingerprint density at radius 1 is 1.33 bits per heavy atom. The first-order chi connectivity index (χ1) is 15.9. The minimum atomic E-state index is -1.09. The second-order valence-corrected chi connectivity index (χ2v) is 8.20. The molecule has 1 aliphatic rings. The summed E-state index contributed by atoms with van der Waals surface area (Å²) < 4.78 is 31.5. The number of H-pyrrole nitrogens is 1. The van der Waals surface area contributed by atoms with Crippen LogP contribution in [0.4, 0.5) is 14.6 Å². The first-order valence-electron chi connectivity index (χ1n) is 9.94. The highest BCUT2D eigenvalue weighted by atomic mass is 35.5. The number of halogens is 3. The maximum atomic E-state index is 15.5. The molecule has 1 saturated carbocycles. The number of aromatic amines is 1. The number of alkyl halides is 1. The van der Waals surface area contributed by atoms with Crippen molar-refractivity contribution in [3.05, 3.63) is 41.4 Å². The molecule has 1 amide bonds. The molecule has 4 aromatic heterocycles. The van der Waals surface area contributed by atoms with E-state index in [4.69, 9.17) is 11.6 Å². The summed E-state index contributed by atoms with van der Waals surface area (Å²) in [4.78, 5) is 12.0. The molecule has 166 valence electrons. The number of nitrogens with one attached hydrogen (secondary N) is 2. The van der Waals surface area contributed by atoms with E-state index in [9.17, 15) is 9.18 Å². The van der Waals surface area contributed by atoms with Gasteiger partial charge in [0.15, 0.2) is 17.5 Å². The maximum absolute atomic E-state index is 15.5. The quantitative estimate of drug-likeness (QED) is 0.417. The Bertz CT molecular complexity index is 1570. The van der Waals surface area contributed by atoms with Crippen LogP contribution < -0.4 is 5.32 Å². The minimum absolute atomic E-state index is 0.109. The van der Waals surface area contributed by atoms with Gasteiger partial charge in [0, 0.05) is 30.3 Å². The van der Waals surface area contributed by atoms with Crippen molar-refractivity contribution >= 4 is 39.7 Å². The van der Waals surface area contributed by atoms with Crippen molar-refractivity contribution in [3.63, 3.8) is 0 Å². The molecule has 2 atom stereocenters. The van der Waals surface area contributed by atoms with Gasteiger partial charge in [0.1, 0.15) is 6.17 Å². The predicted molar refractivity (Wildman–Crippen MR) is 115 cm³/mol. The van der Waals surface area contributed by atoms with Gasteiger partial charge in [0.05, 0.1) is 33.7 Å². The second-order valence-electron chi connectivity index (χ2n) is 7.82. The fourth-order valence-electron chi connectivity index (χ4n) is 3.91. The Balaban J connectivity index is 1.46. The van der Waals surface area contributed by atoms with Gasteiger partial charge in [0.2, 0.25) is 5.91 Å². The van der Waals surface area contributed by atoms with Gasteiger partial charge < -0.3 is 5.32 Å². The number of fused-ring (bicyclic) bond motifs is 2. The summed E-state index contributed by atoms with van der Waals surface area (Å²) in [6, 6.07) is 5.13. The van der Waals surface area contributed by atoms with E-state index in [2.05, 4.69) is 36.1 Å². The molecule has 1 aliphatic carbocycles. The second kappa shape index (κ2) is 7.04. The standard InChI is InChI=1S/C20H14ClF2N9O/c1-31-19(27-29-30-31)15-17(23)16(21)14(11-7-24-26-18(11)15)8-2-3-32-9(4-8)5-13(28-32)25-20(33)10-6-12(10)22/h2-5,7,10,12H,6H2,1H3,(H,24,26)(H,25,28,33)/t10-,12+/m1/s1. The van der Waals surface area contributed by atoms with Crippen LogP contribution in [0.5, 0.6) is 0 Å². The number of carbonyl (C=O) groups excluding carboxylic acids is 1. The van der Waals surface area contributed by atoms with Crippen molar-refractivity contribution in [2.24, 2.45) is 13.0 Å². The number of hydrogen-bond acceptors (Lipinski definition) is 6. The molecule has 5 aromatic rings. The van der Waals surface area contributed by atoms with Gasteiger partial charge in [-0.05, 0) is 34.5 Å². The molecule has 2 N–H and O–H groups in total. The molecule has 4 heterocycles. The van der Waals surface area contributed by atoms with Gasteiger partial charge in [-0.15, -0.1) is 5.10 Å². The summed E-state index contributed by atoms with van der Waals surface area (Å²) in [6.07, 6.45) is 2.35.